The minimum atomic E-state index is -0.206. The van der Waals surface area contributed by atoms with Gasteiger partial charge in [0.1, 0.15) is 0 Å². The Morgan fingerprint density at radius 3 is 2.75 bits per heavy atom. The molecule has 1 saturated heterocycles. The molecule has 20 heavy (non-hydrogen) atoms. The molecule has 1 N–H and O–H groups in total. The Labute approximate surface area is 128 Å². The molecule has 1 atom stereocenters. The molecule has 1 aliphatic rings. The molecule has 1 heterocycles. The molecule has 0 aliphatic carbocycles. The summed E-state index contributed by atoms with van der Waals surface area (Å²) in [5.74, 6) is 2.92. The SMILES string of the molecule is CCNC(=NCC(C)(C)OC)N1CCSC(C(C)C)C1. The maximum atomic E-state index is 5.46. The van der Waals surface area contributed by atoms with Crippen LogP contribution in [0.1, 0.15) is 34.6 Å². The fourth-order valence-electron chi connectivity index (χ4n) is 2.03. The Kier molecular flexibility index (Phi) is 7.17. The van der Waals surface area contributed by atoms with Gasteiger partial charge in [-0.15, -0.1) is 0 Å². The van der Waals surface area contributed by atoms with Gasteiger partial charge < -0.3 is 15.0 Å². The van der Waals surface area contributed by atoms with E-state index in [1.807, 2.05) is 0 Å². The summed E-state index contributed by atoms with van der Waals surface area (Å²) >= 11 is 2.09. The summed E-state index contributed by atoms with van der Waals surface area (Å²) in [6.45, 7) is 14.6. The van der Waals surface area contributed by atoms with Crippen molar-refractivity contribution in [3.8, 4) is 0 Å². The van der Waals surface area contributed by atoms with Crippen LogP contribution in [0.4, 0.5) is 0 Å². The van der Waals surface area contributed by atoms with Crippen molar-refractivity contribution in [2.24, 2.45) is 10.9 Å². The van der Waals surface area contributed by atoms with Crippen LogP contribution in [0.15, 0.2) is 4.99 Å². The van der Waals surface area contributed by atoms with Crippen LogP contribution in [0.3, 0.4) is 0 Å². The number of aliphatic imine (C=N–C) groups is 1. The van der Waals surface area contributed by atoms with Crippen molar-refractivity contribution in [1.29, 1.82) is 0 Å². The summed E-state index contributed by atoms with van der Waals surface area (Å²) < 4.78 is 5.46. The number of ether oxygens (including phenoxy) is 1. The van der Waals surface area contributed by atoms with Gasteiger partial charge in [0.2, 0.25) is 0 Å². The standard InChI is InChI=1S/C15H31N3OS/c1-7-16-14(17-11-15(4,5)19-6)18-8-9-20-13(10-18)12(2)3/h12-13H,7-11H2,1-6H3,(H,16,17). The quantitative estimate of drug-likeness (QED) is 0.625. The first kappa shape index (κ1) is 17.6. The lowest BCUT2D eigenvalue weighted by Crippen LogP contribution is -2.49. The third kappa shape index (κ3) is 5.52. The number of rotatable bonds is 5. The first-order valence-corrected chi connectivity index (χ1v) is 8.64. The smallest absolute Gasteiger partial charge is 0.194 e. The molecule has 5 heteroatoms. The summed E-state index contributed by atoms with van der Waals surface area (Å²) in [4.78, 5) is 7.17. The van der Waals surface area contributed by atoms with Crippen LogP contribution < -0.4 is 5.32 Å². The zero-order chi connectivity index (χ0) is 15.2. The molecule has 1 rings (SSSR count). The third-order valence-corrected chi connectivity index (χ3v) is 5.17. The van der Waals surface area contributed by atoms with Crippen LogP contribution in [0.2, 0.25) is 0 Å². The van der Waals surface area contributed by atoms with E-state index in [1.165, 1.54) is 5.75 Å². The molecule has 0 radical (unpaired) electrons. The Bertz CT molecular complexity index is 318. The number of nitrogens with one attached hydrogen (secondary N) is 1. The highest BCUT2D eigenvalue weighted by atomic mass is 32.2. The van der Waals surface area contributed by atoms with Crippen molar-refractivity contribution in [3.63, 3.8) is 0 Å². The molecule has 0 aromatic carbocycles. The zero-order valence-corrected chi connectivity index (χ0v) is 14.7. The summed E-state index contributed by atoms with van der Waals surface area (Å²) in [7, 11) is 1.74. The highest BCUT2D eigenvalue weighted by Crippen LogP contribution is 2.25. The Balaban J connectivity index is 2.71. The van der Waals surface area contributed by atoms with Gasteiger partial charge in [0.05, 0.1) is 12.1 Å². The van der Waals surface area contributed by atoms with Crippen molar-refractivity contribution in [2.45, 2.75) is 45.5 Å². The second kappa shape index (κ2) is 8.13. The second-order valence-corrected chi connectivity index (χ2v) is 7.58. The minimum absolute atomic E-state index is 0.206. The van der Waals surface area contributed by atoms with Crippen LogP contribution >= 0.6 is 11.8 Å². The number of hydrogen-bond donors (Lipinski definition) is 1. The van der Waals surface area contributed by atoms with E-state index in [9.17, 15) is 0 Å². The van der Waals surface area contributed by atoms with Gasteiger partial charge in [-0.25, -0.2) is 0 Å². The predicted molar refractivity (Wildman–Crippen MR) is 89.7 cm³/mol. The fourth-order valence-corrected chi connectivity index (χ4v) is 3.33. The second-order valence-electron chi connectivity index (χ2n) is 6.23. The van der Waals surface area contributed by atoms with Crippen molar-refractivity contribution in [1.82, 2.24) is 10.2 Å². The Morgan fingerprint density at radius 2 is 2.20 bits per heavy atom. The molecule has 118 valence electrons. The largest absolute Gasteiger partial charge is 0.377 e. The number of guanidine groups is 1. The van der Waals surface area contributed by atoms with Crippen molar-refractivity contribution < 1.29 is 4.74 Å². The van der Waals surface area contributed by atoms with Gasteiger partial charge in [-0.2, -0.15) is 11.8 Å². The third-order valence-electron chi connectivity index (χ3n) is 3.63. The van der Waals surface area contributed by atoms with Gasteiger partial charge in [0, 0.05) is 37.7 Å². The van der Waals surface area contributed by atoms with E-state index in [1.54, 1.807) is 7.11 Å². The van der Waals surface area contributed by atoms with Crippen LogP contribution in [-0.2, 0) is 4.74 Å². The maximum Gasteiger partial charge on any atom is 0.194 e. The summed E-state index contributed by atoms with van der Waals surface area (Å²) in [6, 6.07) is 0. The van der Waals surface area contributed by atoms with Crippen LogP contribution in [0.25, 0.3) is 0 Å². The van der Waals surface area contributed by atoms with Crippen molar-refractivity contribution in [3.05, 3.63) is 0 Å². The normalized spacial score (nSPS) is 21.4. The van der Waals surface area contributed by atoms with Crippen molar-refractivity contribution >= 4 is 17.7 Å². The summed E-state index contributed by atoms with van der Waals surface area (Å²) in [5.41, 5.74) is -0.206. The van der Waals surface area contributed by atoms with Gasteiger partial charge >= 0.3 is 0 Å². The molecule has 1 fully saturated rings. The first-order chi connectivity index (χ1) is 9.39. The maximum absolute atomic E-state index is 5.46. The number of hydrogen-bond acceptors (Lipinski definition) is 3. The average Bonchev–Trinajstić information content (AvgIpc) is 2.43. The monoisotopic (exact) mass is 301 g/mol. The number of methoxy groups -OCH3 is 1. The molecular formula is C15H31N3OS. The van der Waals surface area contributed by atoms with Crippen LogP contribution in [-0.4, -0.2) is 60.8 Å². The van der Waals surface area contributed by atoms with E-state index < -0.39 is 0 Å². The molecule has 0 saturated carbocycles. The molecule has 0 bridgehead atoms. The van der Waals surface area contributed by atoms with Gasteiger partial charge in [0.15, 0.2) is 5.96 Å². The highest BCUT2D eigenvalue weighted by Gasteiger charge is 2.25. The Hall–Kier alpha value is -0.420. The fraction of sp³-hybridized carbons (Fsp3) is 0.933. The average molecular weight is 302 g/mol. The molecule has 1 aliphatic heterocycles. The lowest BCUT2D eigenvalue weighted by atomic mass is 10.1. The lowest BCUT2D eigenvalue weighted by molar-refractivity contribution is 0.0309. The summed E-state index contributed by atoms with van der Waals surface area (Å²) in [5, 5.41) is 4.12. The molecule has 0 amide bonds. The predicted octanol–water partition coefficient (Wildman–Crippen LogP) is 2.45. The van der Waals surface area contributed by atoms with E-state index in [0.29, 0.717) is 17.7 Å². The van der Waals surface area contributed by atoms with E-state index in [2.05, 4.69) is 56.6 Å². The Morgan fingerprint density at radius 1 is 1.50 bits per heavy atom. The topological polar surface area (TPSA) is 36.9 Å². The summed E-state index contributed by atoms with van der Waals surface area (Å²) in [6.07, 6.45) is 0. The minimum Gasteiger partial charge on any atom is -0.377 e. The molecule has 4 nitrogen and oxygen atoms in total. The molecule has 0 spiro atoms. The van der Waals surface area contributed by atoms with Crippen LogP contribution in [0.5, 0.6) is 0 Å². The van der Waals surface area contributed by atoms with Gasteiger partial charge in [-0.1, -0.05) is 13.8 Å². The zero-order valence-electron chi connectivity index (χ0n) is 13.9. The van der Waals surface area contributed by atoms with E-state index in [0.717, 1.165) is 25.6 Å². The van der Waals surface area contributed by atoms with Crippen molar-refractivity contribution in [2.75, 3.05) is 39.0 Å². The van der Waals surface area contributed by atoms with Gasteiger partial charge in [-0.3, -0.25) is 4.99 Å². The lowest BCUT2D eigenvalue weighted by Gasteiger charge is -2.36. The van der Waals surface area contributed by atoms with E-state index in [-0.39, 0.29) is 5.60 Å². The number of nitrogens with zero attached hydrogens (tertiary/aromatic N) is 2. The number of thioether (sulfide) groups is 1. The van der Waals surface area contributed by atoms with E-state index in [4.69, 9.17) is 9.73 Å². The van der Waals surface area contributed by atoms with Gasteiger partial charge in [0.25, 0.3) is 0 Å². The van der Waals surface area contributed by atoms with Crippen LogP contribution in [0, 0.1) is 5.92 Å². The molecule has 1 unspecified atom stereocenters. The first-order valence-electron chi connectivity index (χ1n) is 7.59. The molecule has 0 aromatic heterocycles. The van der Waals surface area contributed by atoms with Gasteiger partial charge in [-0.05, 0) is 26.7 Å². The molecule has 0 aromatic rings. The highest BCUT2D eigenvalue weighted by molar-refractivity contribution is 8.00. The van der Waals surface area contributed by atoms with E-state index >= 15 is 0 Å². The molecular weight excluding hydrogens is 270 g/mol.